The molecule has 0 N–H and O–H groups in total. The highest BCUT2D eigenvalue weighted by molar-refractivity contribution is 6.00. The van der Waals surface area contributed by atoms with Crippen LogP contribution >= 0.6 is 0 Å². The Morgan fingerprint density at radius 2 is 1.95 bits per heavy atom. The molecule has 19 heavy (non-hydrogen) atoms. The Morgan fingerprint density at radius 3 is 2.37 bits per heavy atom. The SMILES string of the molecule is CCC1C[C@@H](C(=O)OC)N(C(=O)OC(C)(C)C)C1=O. The van der Waals surface area contributed by atoms with Crippen LogP contribution in [-0.2, 0) is 19.1 Å². The number of likely N-dealkylation sites (tertiary alicyclic amines) is 1. The van der Waals surface area contributed by atoms with Crippen molar-refractivity contribution in [1.82, 2.24) is 4.90 Å². The van der Waals surface area contributed by atoms with Gasteiger partial charge in [0.2, 0.25) is 5.91 Å². The molecule has 1 saturated heterocycles. The number of esters is 1. The molecule has 0 saturated carbocycles. The molecule has 1 unspecified atom stereocenters. The second-order valence-electron chi connectivity index (χ2n) is 5.57. The fraction of sp³-hybridized carbons (Fsp3) is 0.769. The minimum Gasteiger partial charge on any atom is -0.467 e. The van der Waals surface area contributed by atoms with Crippen molar-refractivity contribution < 1.29 is 23.9 Å². The molecule has 1 fully saturated rings. The lowest BCUT2D eigenvalue weighted by atomic mass is 10.0. The molecule has 1 aliphatic rings. The van der Waals surface area contributed by atoms with Crippen LogP contribution in [0.25, 0.3) is 0 Å². The van der Waals surface area contributed by atoms with Crippen LogP contribution in [0.2, 0.25) is 0 Å². The molecule has 0 aliphatic carbocycles. The third-order valence-electron chi connectivity index (χ3n) is 2.96. The summed E-state index contributed by atoms with van der Waals surface area (Å²) in [5.74, 6) is -1.29. The van der Waals surface area contributed by atoms with E-state index in [0.29, 0.717) is 12.8 Å². The number of ether oxygens (including phenoxy) is 2. The van der Waals surface area contributed by atoms with Crippen LogP contribution in [0.5, 0.6) is 0 Å². The van der Waals surface area contributed by atoms with Gasteiger partial charge in [-0.2, -0.15) is 0 Å². The van der Waals surface area contributed by atoms with Crippen molar-refractivity contribution in [3.05, 3.63) is 0 Å². The molecule has 0 aromatic carbocycles. The van der Waals surface area contributed by atoms with E-state index in [0.717, 1.165) is 4.90 Å². The van der Waals surface area contributed by atoms with Crippen molar-refractivity contribution in [1.29, 1.82) is 0 Å². The molecule has 2 amide bonds. The molecular weight excluding hydrogens is 250 g/mol. The van der Waals surface area contributed by atoms with Gasteiger partial charge < -0.3 is 9.47 Å². The number of hydrogen-bond donors (Lipinski definition) is 0. The Kier molecular flexibility index (Phi) is 4.55. The zero-order valence-electron chi connectivity index (χ0n) is 12.1. The second-order valence-corrected chi connectivity index (χ2v) is 5.57. The summed E-state index contributed by atoms with van der Waals surface area (Å²) >= 11 is 0. The van der Waals surface area contributed by atoms with Gasteiger partial charge in [0.15, 0.2) is 0 Å². The van der Waals surface area contributed by atoms with Crippen molar-refractivity contribution in [3.8, 4) is 0 Å². The number of carbonyl (C=O) groups excluding carboxylic acids is 3. The maximum absolute atomic E-state index is 12.1. The highest BCUT2D eigenvalue weighted by atomic mass is 16.6. The van der Waals surface area contributed by atoms with E-state index in [1.807, 2.05) is 6.92 Å². The molecule has 108 valence electrons. The second kappa shape index (κ2) is 5.59. The molecule has 6 nitrogen and oxygen atoms in total. The predicted octanol–water partition coefficient (Wildman–Crippen LogP) is 1.72. The Balaban J connectivity index is 2.95. The zero-order chi connectivity index (χ0) is 14.8. The summed E-state index contributed by atoms with van der Waals surface area (Å²) < 4.78 is 9.81. The van der Waals surface area contributed by atoms with Crippen LogP contribution in [-0.4, -0.2) is 41.6 Å². The quantitative estimate of drug-likeness (QED) is 0.715. The van der Waals surface area contributed by atoms with Crippen molar-refractivity contribution in [3.63, 3.8) is 0 Å². The molecule has 0 radical (unpaired) electrons. The van der Waals surface area contributed by atoms with Crippen molar-refractivity contribution in [2.24, 2.45) is 5.92 Å². The molecule has 6 heteroatoms. The van der Waals surface area contributed by atoms with Gasteiger partial charge in [-0.15, -0.1) is 0 Å². The highest BCUT2D eigenvalue weighted by Gasteiger charge is 2.47. The van der Waals surface area contributed by atoms with E-state index < -0.39 is 23.7 Å². The molecule has 1 rings (SSSR count). The normalized spacial score (nSPS) is 23.4. The van der Waals surface area contributed by atoms with Gasteiger partial charge in [0, 0.05) is 5.92 Å². The monoisotopic (exact) mass is 271 g/mol. The highest BCUT2D eigenvalue weighted by Crippen LogP contribution is 2.29. The molecule has 0 spiro atoms. The molecule has 0 aromatic rings. The van der Waals surface area contributed by atoms with Crippen LogP contribution in [0.4, 0.5) is 4.79 Å². The minimum atomic E-state index is -0.878. The average Bonchev–Trinajstić information content (AvgIpc) is 2.63. The van der Waals surface area contributed by atoms with E-state index in [1.165, 1.54) is 7.11 Å². The Labute approximate surface area is 113 Å². The minimum absolute atomic E-state index is 0.293. The summed E-state index contributed by atoms with van der Waals surface area (Å²) in [7, 11) is 1.24. The van der Waals surface area contributed by atoms with Crippen LogP contribution in [0.15, 0.2) is 0 Å². The number of hydrogen-bond acceptors (Lipinski definition) is 5. The molecule has 1 aliphatic heterocycles. The van der Waals surface area contributed by atoms with E-state index in [2.05, 4.69) is 4.74 Å². The van der Waals surface area contributed by atoms with Crippen LogP contribution in [0, 0.1) is 5.92 Å². The van der Waals surface area contributed by atoms with Crippen molar-refractivity contribution in [2.45, 2.75) is 52.2 Å². The summed E-state index contributed by atoms with van der Waals surface area (Å²) in [6, 6.07) is -0.878. The number of amides is 2. The summed E-state index contributed by atoms with van der Waals surface area (Å²) in [5, 5.41) is 0. The Morgan fingerprint density at radius 1 is 1.37 bits per heavy atom. The molecule has 1 heterocycles. The number of rotatable bonds is 2. The number of methoxy groups -OCH3 is 1. The number of carbonyl (C=O) groups is 3. The van der Waals surface area contributed by atoms with Gasteiger partial charge in [0.05, 0.1) is 7.11 Å². The van der Waals surface area contributed by atoms with Crippen LogP contribution < -0.4 is 0 Å². The summed E-state index contributed by atoms with van der Waals surface area (Å²) in [6.45, 7) is 6.96. The molecular formula is C13H21NO5. The van der Waals surface area contributed by atoms with E-state index in [9.17, 15) is 14.4 Å². The molecule has 2 atom stereocenters. The van der Waals surface area contributed by atoms with Gasteiger partial charge in [-0.25, -0.2) is 14.5 Å². The zero-order valence-corrected chi connectivity index (χ0v) is 12.1. The van der Waals surface area contributed by atoms with Crippen LogP contribution in [0.1, 0.15) is 40.5 Å². The standard InChI is InChI=1S/C13H21NO5/c1-6-8-7-9(11(16)18-5)14(10(8)15)12(17)19-13(2,3)4/h8-9H,6-7H2,1-5H3/t8?,9-/m0/s1. The summed E-state index contributed by atoms with van der Waals surface area (Å²) in [5.41, 5.74) is -0.720. The first-order valence-corrected chi connectivity index (χ1v) is 6.35. The van der Waals surface area contributed by atoms with Crippen molar-refractivity contribution >= 4 is 18.0 Å². The van der Waals surface area contributed by atoms with E-state index in [-0.39, 0.29) is 11.8 Å². The number of nitrogens with zero attached hydrogens (tertiary/aromatic N) is 1. The Hall–Kier alpha value is -1.59. The van der Waals surface area contributed by atoms with Crippen LogP contribution in [0.3, 0.4) is 0 Å². The smallest absolute Gasteiger partial charge is 0.417 e. The van der Waals surface area contributed by atoms with Crippen molar-refractivity contribution in [2.75, 3.05) is 7.11 Å². The van der Waals surface area contributed by atoms with E-state index in [1.54, 1.807) is 20.8 Å². The van der Waals surface area contributed by atoms with Gasteiger partial charge in [-0.1, -0.05) is 6.92 Å². The average molecular weight is 271 g/mol. The van der Waals surface area contributed by atoms with Gasteiger partial charge in [0.1, 0.15) is 11.6 Å². The van der Waals surface area contributed by atoms with Gasteiger partial charge in [0.25, 0.3) is 0 Å². The third-order valence-corrected chi connectivity index (χ3v) is 2.96. The first kappa shape index (κ1) is 15.5. The van der Waals surface area contributed by atoms with Gasteiger partial charge in [-0.3, -0.25) is 4.79 Å². The van der Waals surface area contributed by atoms with Gasteiger partial charge >= 0.3 is 12.1 Å². The molecule has 0 aromatic heterocycles. The lowest BCUT2D eigenvalue weighted by Crippen LogP contribution is -2.46. The fourth-order valence-electron chi connectivity index (χ4n) is 2.03. The first-order valence-electron chi connectivity index (χ1n) is 6.35. The predicted molar refractivity (Wildman–Crippen MR) is 67.3 cm³/mol. The van der Waals surface area contributed by atoms with E-state index >= 15 is 0 Å². The Bertz CT molecular complexity index is 385. The fourth-order valence-corrected chi connectivity index (χ4v) is 2.03. The first-order chi connectivity index (χ1) is 8.71. The topological polar surface area (TPSA) is 72.9 Å². The summed E-state index contributed by atoms with van der Waals surface area (Å²) in [6.07, 6.45) is 0.0798. The largest absolute Gasteiger partial charge is 0.467 e. The van der Waals surface area contributed by atoms with Gasteiger partial charge in [-0.05, 0) is 33.6 Å². The third kappa shape index (κ3) is 3.45. The summed E-state index contributed by atoms with van der Waals surface area (Å²) in [4.78, 5) is 36.7. The lowest BCUT2D eigenvalue weighted by Gasteiger charge is -2.26. The lowest BCUT2D eigenvalue weighted by molar-refractivity contribution is -0.148. The number of imide groups is 1. The maximum Gasteiger partial charge on any atom is 0.417 e. The maximum atomic E-state index is 12.1. The van der Waals surface area contributed by atoms with E-state index in [4.69, 9.17) is 4.74 Å². The molecule has 0 bridgehead atoms.